The quantitative estimate of drug-likeness (QED) is 0.362. The summed E-state index contributed by atoms with van der Waals surface area (Å²) in [5.41, 5.74) is 6.61. The van der Waals surface area contributed by atoms with E-state index in [1.807, 2.05) is 12.1 Å². The van der Waals surface area contributed by atoms with Crippen LogP contribution < -0.4 is 10.9 Å². The second-order valence-electron chi connectivity index (χ2n) is 2.57. The van der Waals surface area contributed by atoms with Gasteiger partial charge in [0, 0.05) is 6.54 Å². The van der Waals surface area contributed by atoms with Crippen molar-refractivity contribution in [1.82, 2.24) is 5.43 Å². The first-order valence-electron chi connectivity index (χ1n) is 4.11. The van der Waals surface area contributed by atoms with Gasteiger partial charge in [-0.3, -0.25) is 0 Å². The summed E-state index contributed by atoms with van der Waals surface area (Å²) in [6, 6.07) is 7.13. The molecular formula is C9H14N2O. The smallest absolute Gasteiger partial charge is 0.139 e. The Balaban J connectivity index is 2.46. The summed E-state index contributed by atoms with van der Waals surface area (Å²) in [6.45, 7) is 2.97. The Kier molecular flexibility index (Phi) is 3.41. The highest BCUT2D eigenvalue weighted by Crippen LogP contribution is 2.19. The summed E-state index contributed by atoms with van der Waals surface area (Å²) in [6.07, 6.45) is 1.06. The van der Waals surface area contributed by atoms with Gasteiger partial charge in [0.05, 0.1) is 5.69 Å². The third-order valence-corrected chi connectivity index (χ3v) is 1.50. The first-order chi connectivity index (χ1) is 5.84. The molecule has 0 aliphatic rings. The van der Waals surface area contributed by atoms with Crippen molar-refractivity contribution < 1.29 is 5.11 Å². The number of hydrogen-bond donors (Lipinski definition) is 3. The molecule has 0 heterocycles. The fraction of sp³-hybridized carbons (Fsp3) is 0.333. The molecule has 0 aromatic heterocycles. The van der Waals surface area contributed by atoms with E-state index in [0.717, 1.165) is 13.0 Å². The maximum atomic E-state index is 9.31. The Labute approximate surface area is 72.4 Å². The minimum Gasteiger partial charge on any atom is -0.506 e. The number of nitrogens with one attached hydrogen (secondary N) is 2. The Morgan fingerprint density at radius 2 is 2.08 bits per heavy atom. The van der Waals surface area contributed by atoms with Crippen LogP contribution in [-0.4, -0.2) is 11.7 Å². The molecule has 0 aliphatic carbocycles. The fourth-order valence-electron chi connectivity index (χ4n) is 0.862. The SMILES string of the molecule is CCCNNc1ccccc1O. The standard InChI is InChI=1S/C9H14N2O/c1-2-7-10-11-8-5-3-4-6-9(8)12/h3-6,10-12H,2,7H2,1H3. The number of para-hydroxylation sites is 2. The molecule has 0 saturated carbocycles. The van der Waals surface area contributed by atoms with Crippen molar-refractivity contribution >= 4 is 5.69 Å². The maximum absolute atomic E-state index is 9.31. The predicted octanol–water partition coefficient (Wildman–Crippen LogP) is 1.72. The molecule has 0 spiro atoms. The van der Waals surface area contributed by atoms with Gasteiger partial charge >= 0.3 is 0 Å². The second-order valence-corrected chi connectivity index (χ2v) is 2.57. The molecule has 66 valence electrons. The molecule has 0 saturated heterocycles. The largest absolute Gasteiger partial charge is 0.506 e. The molecule has 3 heteroatoms. The van der Waals surface area contributed by atoms with Gasteiger partial charge in [-0.2, -0.15) is 0 Å². The molecule has 0 bridgehead atoms. The first-order valence-corrected chi connectivity index (χ1v) is 4.11. The van der Waals surface area contributed by atoms with E-state index in [-0.39, 0.29) is 5.75 Å². The first kappa shape index (κ1) is 8.87. The zero-order valence-corrected chi connectivity index (χ0v) is 7.17. The lowest BCUT2D eigenvalue weighted by Crippen LogP contribution is -2.21. The van der Waals surface area contributed by atoms with Crippen LogP contribution >= 0.6 is 0 Å². The van der Waals surface area contributed by atoms with Crippen molar-refractivity contribution in [3.8, 4) is 5.75 Å². The van der Waals surface area contributed by atoms with E-state index >= 15 is 0 Å². The third-order valence-electron chi connectivity index (χ3n) is 1.50. The van der Waals surface area contributed by atoms with Crippen LogP contribution in [0.2, 0.25) is 0 Å². The highest BCUT2D eigenvalue weighted by Gasteiger charge is 1.95. The minimum absolute atomic E-state index is 0.265. The molecule has 3 N–H and O–H groups in total. The lowest BCUT2D eigenvalue weighted by atomic mass is 10.3. The summed E-state index contributed by atoms with van der Waals surface area (Å²) in [5, 5.41) is 9.31. The number of anilines is 1. The van der Waals surface area contributed by atoms with Crippen molar-refractivity contribution in [2.24, 2.45) is 0 Å². The summed E-state index contributed by atoms with van der Waals surface area (Å²) in [7, 11) is 0. The molecule has 0 aliphatic heterocycles. The fourth-order valence-corrected chi connectivity index (χ4v) is 0.862. The molecule has 12 heavy (non-hydrogen) atoms. The molecule has 1 aromatic rings. The van der Waals surface area contributed by atoms with Gasteiger partial charge in [-0.1, -0.05) is 19.1 Å². The summed E-state index contributed by atoms with van der Waals surface area (Å²) in [5.74, 6) is 0.265. The average Bonchev–Trinajstić information content (AvgIpc) is 2.09. The minimum atomic E-state index is 0.265. The maximum Gasteiger partial charge on any atom is 0.139 e. The van der Waals surface area contributed by atoms with Gasteiger partial charge in [-0.05, 0) is 18.6 Å². The zero-order valence-electron chi connectivity index (χ0n) is 7.17. The lowest BCUT2D eigenvalue weighted by molar-refractivity contribution is 0.476. The highest BCUT2D eigenvalue weighted by molar-refractivity contribution is 5.54. The van der Waals surface area contributed by atoms with Gasteiger partial charge in [0.15, 0.2) is 0 Å². The van der Waals surface area contributed by atoms with Crippen molar-refractivity contribution in [3.63, 3.8) is 0 Å². The molecule has 0 fully saturated rings. The van der Waals surface area contributed by atoms with Gasteiger partial charge in [0.2, 0.25) is 0 Å². The topological polar surface area (TPSA) is 44.3 Å². The van der Waals surface area contributed by atoms with E-state index in [4.69, 9.17) is 0 Å². The summed E-state index contributed by atoms with van der Waals surface area (Å²) < 4.78 is 0. The van der Waals surface area contributed by atoms with Crippen LogP contribution in [0.3, 0.4) is 0 Å². The number of benzene rings is 1. The van der Waals surface area contributed by atoms with E-state index in [1.54, 1.807) is 12.1 Å². The summed E-state index contributed by atoms with van der Waals surface area (Å²) in [4.78, 5) is 0. The van der Waals surface area contributed by atoms with Crippen LogP contribution in [0, 0.1) is 0 Å². The normalized spacial score (nSPS) is 9.75. The van der Waals surface area contributed by atoms with Crippen LogP contribution in [-0.2, 0) is 0 Å². The van der Waals surface area contributed by atoms with Gasteiger partial charge < -0.3 is 10.5 Å². The van der Waals surface area contributed by atoms with Crippen LogP contribution in [0.1, 0.15) is 13.3 Å². The Morgan fingerprint density at radius 3 is 2.75 bits per heavy atom. The third kappa shape index (κ3) is 2.43. The van der Waals surface area contributed by atoms with E-state index in [1.165, 1.54) is 0 Å². The van der Waals surface area contributed by atoms with Gasteiger partial charge in [0.1, 0.15) is 5.75 Å². The number of phenolic OH excluding ortho intramolecular Hbond substituents is 1. The van der Waals surface area contributed by atoms with Crippen LogP contribution in [0.5, 0.6) is 5.75 Å². The number of phenols is 1. The van der Waals surface area contributed by atoms with E-state index in [0.29, 0.717) is 5.69 Å². The molecule has 1 rings (SSSR count). The van der Waals surface area contributed by atoms with Crippen LogP contribution in [0.25, 0.3) is 0 Å². The van der Waals surface area contributed by atoms with Crippen LogP contribution in [0.4, 0.5) is 5.69 Å². The molecule has 0 amide bonds. The summed E-state index contributed by atoms with van der Waals surface area (Å²) >= 11 is 0. The zero-order chi connectivity index (χ0) is 8.81. The molecule has 1 aromatic carbocycles. The molecule has 0 atom stereocenters. The predicted molar refractivity (Wildman–Crippen MR) is 50.0 cm³/mol. The van der Waals surface area contributed by atoms with E-state index in [9.17, 15) is 5.11 Å². The van der Waals surface area contributed by atoms with Crippen molar-refractivity contribution in [2.45, 2.75) is 13.3 Å². The van der Waals surface area contributed by atoms with E-state index in [2.05, 4.69) is 17.8 Å². The highest BCUT2D eigenvalue weighted by atomic mass is 16.3. The lowest BCUT2D eigenvalue weighted by Gasteiger charge is -2.07. The number of aromatic hydroxyl groups is 1. The monoisotopic (exact) mass is 166 g/mol. The molecule has 0 radical (unpaired) electrons. The molecule has 3 nitrogen and oxygen atoms in total. The molecule has 0 unspecified atom stereocenters. The Morgan fingerprint density at radius 1 is 1.33 bits per heavy atom. The van der Waals surface area contributed by atoms with Crippen molar-refractivity contribution in [1.29, 1.82) is 0 Å². The number of hydrazine groups is 1. The number of hydrogen-bond acceptors (Lipinski definition) is 3. The van der Waals surface area contributed by atoms with Gasteiger partial charge in [-0.25, -0.2) is 5.43 Å². The van der Waals surface area contributed by atoms with Crippen molar-refractivity contribution in [3.05, 3.63) is 24.3 Å². The Hall–Kier alpha value is -1.22. The Bertz CT molecular complexity index is 238. The van der Waals surface area contributed by atoms with Gasteiger partial charge in [0.25, 0.3) is 0 Å². The van der Waals surface area contributed by atoms with Crippen molar-refractivity contribution in [2.75, 3.05) is 12.0 Å². The average molecular weight is 166 g/mol. The van der Waals surface area contributed by atoms with Crippen LogP contribution in [0.15, 0.2) is 24.3 Å². The van der Waals surface area contributed by atoms with Gasteiger partial charge in [-0.15, -0.1) is 0 Å². The van der Waals surface area contributed by atoms with E-state index < -0.39 is 0 Å². The number of rotatable bonds is 4. The molecular weight excluding hydrogens is 152 g/mol. The second kappa shape index (κ2) is 4.62.